The minimum atomic E-state index is -4.09. The number of sulfonamides is 1. The maximum absolute atomic E-state index is 12.2. The van der Waals surface area contributed by atoms with Crippen molar-refractivity contribution >= 4 is 56.2 Å². The fourth-order valence-corrected chi connectivity index (χ4v) is 4.74. The van der Waals surface area contributed by atoms with Gasteiger partial charge in [-0.05, 0) is 24.3 Å². The first-order chi connectivity index (χ1) is 9.70. The molecule has 1 aromatic heterocycles. The number of anilines is 1. The van der Waals surface area contributed by atoms with E-state index in [0.29, 0.717) is 0 Å². The lowest BCUT2D eigenvalue weighted by molar-refractivity contribution is 0.0697. The molecule has 10 heteroatoms. The summed E-state index contributed by atoms with van der Waals surface area (Å²) < 4.78 is 26.6. The van der Waals surface area contributed by atoms with Crippen molar-refractivity contribution < 1.29 is 23.4 Å². The van der Waals surface area contributed by atoms with Gasteiger partial charge in [0.25, 0.3) is 10.0 Å². The highest BCUT2D eigenvalue weighted by atomic mass is 35.5. The molecule has 0 saturated carbocycles. The summed E-state index contributed by atoms with van der Waals surface area (Å²) in [6, 6.07) is 4.39. The van der Waals surface area contributed by atoms with Crippen LogP contribution in [0.2, 0.25) is 8.67 Å². The minimum absolute atomic E-state index is 0.0387. The van der Waals surface area contributed by atoms with E-state index in [-0.39, 0.29) is 25.0 Å². The molecule has 0 saturated heterocycles. The molecule has 0 unspecified atom stereocenters. The molecule has 21 heavy (non-hydrogen) atoms. The summed E-state index contributed by atoms with van der Waals surface area (Å²) in [6.07, 6.45) is 0. The van der Waals surface area contributed by atoms with Gasteiger partial charge in [-0.3, -0.25) is 4.72 Å². The number of aromatic carboxylic acids is 1. The number of aromatic hydroxyl groups is 1. The van der Waals surface area contributed by atoms with Crippen LogP contribution in [0.25, 0.3) is 0 Å². The summed E-state index contributed by atoms with van der Waals surface area (Å²) in [5.74, 6) is -1.69. The van der Waals surface area contributed by atoms with Gasteiger partial charge in [0.15, 0.2) is 0 Å². The second kappa shape index (κ2) is 5.72. The number of benzene rings is 1. The highest BCUT2D eigenvalue weighted by Gasteiger charge is 2.23. The summed E-state index contributed by atoms with van der Waals surface area (Å²) in [7, 11) is -4.09. The van der Waals surface area contributed by atoms with Crippen molar-refractivity contribution in [1.29, 1.82) is 0 Å². The van der Waals surface area contributed by atoms with Crippen molar-refractivity contribution in [3.05, 3.63) is 38.5 Å². The molecule has 0 aliphatic carbocycles. The first-order valence-corrected chi connectivity index (χ1v) is 8.30. The van der Waals surface area contributed by atoms with Crippen LogP contribution in [0, 0.1) is 0 Å². The summed E-state index contributed by atoms with van der Waals surface area (Å²) >= 11 is 12.3. The van der Waals surface area contributed by atoms with Crippen molar-refractivity contribution in [3.8, 4) is 5.75 Å². The Morgan fingerprint density at radius 3 is 2.43 bits per heavy atom. The van der Waals surface area contributed by atoms with Crippen LogP contribution in [0.5, 0.6) is 5.75 Å². The molecular formula is C11H7Cl2NO5S2. The van der Waals surface area contributed by atoms with Gasteiger partial charge in [0.05, 0.1) is 15.6 Å². The van der Waals surface area contributed by atoms with Gasteiger partial charge in [0.2, 0.25) is 0 Å². The Morgan fingerprint density at radius 1 is 1.24 bits per heavy atom. The average Bonchev–Trinajstić information content (AvgIpc) is 2.71. The molecule has 0 amide bonds. The third-order valence-electron chi connectivity index (χ3n) is 2.39. The highest BCUT2D eigenvalue weighted by molar-refractivity contribution is 7.93. The van der Waals surface area contributed by atoms with Crippen LogP contribution in [0.3, 0.4) is 0 Å². The maximum Gasteiger partial charge on any atom is 0.337 e. The summed E-state index contributed by atoms with van der Waals surface area (Å²) in [5.41, 5.74) is -0.588. The first kappa shape index (κ1) is 15.9. The molecule has 112 valence electrons. The lowest BCUT2D eigenvalue weighted by atomic mass is 10.2. The summed E-state index contributed by atoms with van der Waals surface area (Å²) in [4.78, 5) is 10.8. The van der Waals surface area contributed by atoms with Gasteiger partial charge in [0.1, 0.15) is 15.0 Å². The molecule has 0 aliphatic rings. The number of phenolic OH excluding ortho intramolecular Hbond substituents is 1. The Balaban J connectivity index is 2.47. The standard InChI is InChI=1S/C11H7Cl2NO5S2/c12-9-4-8(10(13)20-9)21(18,19)14-7-2-1-5(15)3-6(7)11(16)17/h1-4,14-15H,(H,16,17). The number of phenols is 1. The quantitative estimate of drug-likeness (QED) is 0.719. The van der Waals surface area contributed by atoms with E-state index in [9.17, 15) is 18.3 Å². The minimum Gasteiger partial charge on any atom is -0.508 e. The molecule has 0 radical (unpaired) electrons. The van der Waals surface area contributed by atoms with Crippen LogP contribution in [-0.2, 0) is 10.0 Å². The third-order valence-corrected chi connectivity index (χ3v) is 5.51. The number of nitrogens with one attached hydrogen (secondary N) is 1. The van der Waals surface area contributed by atoms with E-state index >= 15 is 0 Å². The van der Waals surface area contributed by atoms with Gasteiger partial charge < -0.3 is 10.2 Å². The molecule has 2 rings (SSSR count). The van der Waals surface area contributed by atoms with Gasteiger partial charge in [-0.15, -0.1) is 11.3 Å². The van der Waals surface area contributed by atoms with E-state index < -0.39 is 21.6 Å². The molecule has 0 aliphatic heterocycles. The number of carbonyl (C=O) groups is 1. The SMILES string of the molecule is O=C(O)c1cc(O)ccc1NS(=O)(=O)c1cc(Cl)sc1Cl. The molecule has 0 spiro atoms. The molecule has 6 nitrogen and oxygen atoms in total. The van der Waals surface area contributed by atoms with Crippen LogP contribution < -0.4 is 4.72 Å². The van der Waals surface area contributed by atoms with Crippen LogP contribution in [0.15, 0.2) is 29.2 Å². The molecule has 0 bridgehead atoms. The molecule has 0 atom stereocenters. The average molecular weight is 368 g/mol. The monoisotopic (exact) mass is 367 g/mol. The molecule has 2 aromatic rings. The lowest BCUT2D eigenvalue weighted by Gasteiger charge is -2.10. The number of hydrogen-bond acceptors (Lipinski definition) is 5. The van der Waals surface area contributed by atoms with E-state index in [1.165, 1.54) is 0 Å². The summed E-state index contributed by atoms with van der Waals surface area (Å²) in [6.45, 7) is 0. The number of rotatable bonds is 4. The van der Waals surface area contributed by atoms with Gasteiger partial charge >= 0.3 is 5.97 Å². The van der Waals surface area contributed by atoms with Gasteiger partial charge in [-0.25, -0.2) is 13.2 Å². The highest BCUT2D eigenvalue weighted by Crippen LogP contribution is 2.35. The Kier molecular flexibility index (Phi) is 4.33. The van der Waals surface area contributed by atoms with Crippen molar-refractivity contribution in [3.63, 3.8) is 0 Å². The smallest absolute Gasteiger partial charge is 0.337 e. The normalized spacial score (nSPS) is 11.3. The first-order valence-electron chi connectivity index (χ1n) is 5.24. The lowest BCUT2D eigenvalue weighted by Crippen LogP contribution is -2.15. The van der Waals surface area contributed by atoms with Crippen molar-refractivity contribution in [1.82, 2.24) is 0 Å². The predicted molar refractivity (Wildman–Crippen MR) is 80.2 cm³/mol. The number of thiophene rings is 1. The second-order valence-corrected chi connectivity index (χ2v) is 7.77. The zero-order valence-corrected chi connectivity index (χ0v) is 13.1. The van der Waals surface area contributed by atoms with E-state index in [2.05, 4.69) is 4.72 Å². The number of halogens is 2. The largest absolute Gasteiger partial charge is 0.508 e. The Labute approximate surface area is 133 Å². The summed E-state index contributed by atoms with van der Waals surface area (Å²) in [5, 5.41) is 18.3. The van der Waals surface area contributed by atoms with E-state index in [4.69, 9.17) is 28.3 Å². The Hall–Kier alpha value is -1.48. The number of hydrogen-bond donors (Lipinski definition) is 3. The fourth-order valence-electron chi connectivity index (χ4n) is 1.51. The zero-order chi connectivity index (χ0) is 15.8. The topological polar surface area (TPSA) is 104 Å². The molecule has 3 N–H and O–H groups in total. The van der Waals surface area contributed by atoms with E-state index in [1.54, 1.807) is 0 Å². The van der Waals surface area contributed by atoms with E-state index in [0.717, 1.165) is 35.6 Å². The fraction of sp³-hybridized carbons (Fsp3) is 0. The molecule has 1 heterocycles. The Morgan fingerprint density at radius 2 is 1.90 bits per heavy atom. The molecule has 0 fully saturated rings. The van der Waals surface area contributed by atoms with Crippen LogP contribution in [-0.4, -0.2) is 24.6 Å². The predicted octanol–water partition coefficient (Wildman–Crippen LogP) is 3.26. The third kappa shape index (κ3) is 3.41. The van der Waals surface area contributed by atoms with Gasteiger partial charge in [0, 0.05) is 0 Å². The Bertz CT molecular complexity index is 816. The zero-order valence-electron chi connectivity index (χ0n) is 10.0. The van der Waals surface area contributed by atoms with Crippen molar-refractivity contribution in [2.45, 2.75) is 4.90 Å². The number of carboxylic acids is 1. The van der Waals surface area contributed by atoms with Crippen molar-refractivity contribution in [2.24, 2.45) is 0 Å². The van der Waals surface area contributed by atoms with Gasteiger partial charge in [-0.2, -0.15) is 0 Å². The van der Waals surface area contributed by atoms with Gasteiger partial charge in [-0.1, -0.05) is 23.2 Å². The van der Waals surface area contributed by atoms with Crippen molar-refractivity contribution in [2.75, 3.05) is 4.72 Å². The van der Waals surface area contributed by atoms with Crippen LogP contribution in [0.1, 0.15) is 10.4 Å². The van der Waals surface area contributed by atoms with E-state index in [1.807, 2.05) is 0 Å². The second-order valence-electron chi connectivity index (χ2n) is 3.83. The van der Waals surface area contributed by atoms with Crippen LogP contribution >= 0.6 is 34.5 Å². The number of carboxylic acid groups (broad SMARTS) is 1. The molecule has 1 aromatic carbocycles. The molecular weight excluding hydrogens is 361 g/mol. The maximum atomic E-state index is 12.2. The van der Waals surface area contributed by atoms with Crippen LogP contribution in [0.4, 0.5) is 5.69 Å².